The van der Waals surface area contributed by atoms with E-state index in [1.807, 2.05) is 23.1 Å². The Hall–Kier alpha value is -4.31. The van der Waals surface area contributed by atoms with E-state index in [-0.39, 0.29) is 11.7 Å². The molecule has 10 heteroatoms. The highest BCUT2D eigenvalue weighted by Gasteiger charge is 2.18. The minimum atomic E-state index is -0.298. The molecular weight excluding hydrogens is 447 g/mol. The summed E-state index contributed by atoms with van der Waals surface area (Å²) in [5.41, 5.74) is 3.82. The maximum Gasteiger partial charge on any atom is 0.247 e. The number of carbonyl (C=O) groups excluding carboxylic acids is 1. The molecule has 9 nitrogen and oxygen atoms in total. The molecule has 0 radical (unpaired) electrons. The lowest BCUT2D eigenvalue weighted by atomic mass is 10.1. The van der Waals surface area contributed by atoms with Crippen LogP contribution in [0.3, 0.4) is 0 Å². The van der Waals surface area contributed by atoms with E-state index in [2.05, 4.69) is 44.3 Å². The number of anilines is 4. The molecule has 2 aromatic carbocycles. The summed E-state index contributed by atoms with van der Waals surface area (Å²) in [6, 6.07) is 12.2. The van der Waals surface area contributed by atoms with Crippen LogP contribution in [-0.4, -0.2) is 64.2 Å². The van der Waals surface area contributed by atoms with Gasteiger partial charge in [0.2, 0.25) is 11.9 Å². The van der Waals surface area contributed by atoms with Crippen LogP contribution in [0.1, 0.15) is 0 Å². The molecule has 3 N–H and O–H groups in total. The Morgan fingerprint density at radius 3 is 2.74 bits per heavy atom. The van der Waals surface area contributed by atoms with Crippen molar-refractivity contribution in [1.82, 2.24) is 25.1 Å². The van der Waals surface area contributed by atoms with E-state index in [9.17, 15) is 9.18 Å². The molecule has 35 heavy (non-hydrogen) atoms. The fourth-order valence-corrected chi connectivity index (χ4v) is 4.06. The minimum Gasteiger partial charge on any atom is -0.367 e. The largest absolute Gasteiger partial charge is 0.367 e. The van der Waals surface area contributed by atoms with Gasteiger partial charge in [-0.2, -0.15) is 10.1 Å². The van der Waals surface area contributed by atoms with Gasteiger partial charge in [-0.1, -0.05) is 18.7 Å². The average Bonchev–Trinajstić information content (AvgIpc) is 3.34. The van der Waals surface area contributed by atoms with E-state index in [4.69, 9.17) is 4.98 Å². The van der Waals surface area contributed by atoms with Gasteiger partial charge in [0, 0.05) is 43.1 Å². The van der Waals surface area contributed by atoms with Crippen LogP contribution >= 0.6 is 0 Å². The molecule has 178 valence electrons. The molecule has 0 saturated carbocycles. The number of piperazine rings is 1. The van der Waals surface area contributed by atoms with Gasteiger partial charge in [-0.15, -0.1) is 0 Å². The van der Waals surface area contributed by atoms with Crippen molar-refractivity contribution in [2.45, 2.75) is 0 Å². The SMILES string of the molecule is C=CC(=O)Nc1cccc(-c2nc(Nc3ccc(F)c(N4CCN(C)CC4)c3)nc3[nH]ncc23)c1. The summed E-state index contributed by atoms with van der Waals surface area (Å²) in [4.78, 5) is 25.3. The normalized spacial score (nSPS) is 14.2. The van der Waals surface area contributed by atoms with Crippen molar-refractivity contribution in [2.75, 3.05) is 48.8 Å². The molecule has 0 spiro atoms. The number of amides is 1. The Kier molecular flexibility index (Phi) is 6.11. The Bertz CT molecular complexity index is 1390. The van der Waals surface area contributed by atoms with Crippen LogP contribution in [0, 0.1) is 5.82 Å². The van der Waals surface area contributed by atoms with Gasteiger partial charge >= 0.3 is 0 Å². The second kappa shape index (κ2) is 9.51. The summed E-state index contributed by atoms with van der Waals surface area (Å²) >= 11 is 0. The summed E-state index contributed by atoms with van der Waals surface area (Å²) < 4.78 is 14.6. The highest BCUT2D eigenvalue weighted by molar-refractivity contribution is 5.99. The number of fused-ring (bicyclic) bond motifs is 1. The van der Waals surface area contributed by atoms with E-state index in [1.165, 1.54) is 12.1 Å². The summed E-state index contributed by atoms with van der Waals surface area (Å²) in [7, 11) is 2.06. The number of likely N-dealkylation sites (N-methyl/N-ethyl adjacent to an activating group) is 1. The van der Waals surface area contributed by atoms with Crippen molar-refractivity contribution in [1.29, 1.82) is 0 Å². The zero-order valence-electron chi connectivity index (χ0n) is 19.3. The molecule has 1 aliphatic rings. The smallest absolute Gasteiger partial charge is 0.247 e. The first-order valence-electron chi connectivity index (χ1n) is 11.3. The molecule has 2 aromatic heterocycles. The standard InChI is InChI=1S/C25H25FN8O/c1-3-22(35)28-17-6-4-5-16(13-17)23-19-15-27-32-24(19)31-25(30-23)29-18-7-8-20(26)21(14-18)34-11-9-33(2)10-12-34/h3-8,13-15H,1,9-12H2,2H3,(H,28,35)(H2,27,29,30,31,32). The second-order valence-corrected chi connectivity index (χ2v) is 8.38. The number of aromatic nitrogens is 4. The Labute approximate surface area is 201 Å². The first-order valence-corrected chi connectivity index (χ1v) is 11.3. The fourth-order valence-electron chi connectivity index (χ4n) is 4.06. The van der Waals surface area contributed by atoms with E-state index >= 15 is 0 Å². The number of rotatable bonds is 6. The number of nitrogens with zero attached hydrogens (tertiary/aromatic N) is 5. The summed E-state index contributed by atoms with van der Waals surface area (Å²) in [6.07, 6.45) is 2.87. The monoisotopic (exact) mass is 472 g/mol. The maximum absolute atomic E-state index is 14.6. The highest BCUT2D eigenvalue weighted by atomic mass is 19.1. The quantitative estimate of drug-likeness (QED) is 0.367. The van der Waals surface area contributed by atoms with Gasteiger partial charge in [0.25, 0.3) is 0 Å². The topological polar surface area (TPSA) is 102 Å². The van der Waals surface area contributed by atoms with Gasteiger partial charge in [0.15, 0.2) is 5.65 Å². The third-order valence-electron chi connectivity index (χ3n) is 5.94. The predicted octanol–water partition coefficient (Wildman–Crippen LogP) is 3.78. The lowest BCUT2D eigenvalue weighted by Crippen LogP contribution is -2.44. The number of carbonyl (C=O) groups is 1. The molecule has 0 atom stereocenters. The number of H-pyrrole nitrogens is 1. The molecule has 1 saturated heterocycles. The first-order chi connectivity index (χ1) is 17.0. The van der Waals surface area contributed by atoms with Crippen LogP contribution in [0.5, 0.6) is 0 Å². The minimum absolute atomic E-state index is 0.260. The molecular formula is C25H25FN8O. The molecule has 1 fully saturated rings. The first kappa shape index (κ1) is 22.5. The van der Waals surface area contributed by atoms with Crippen LogP contribution in [0.25, 0.3) is 22.3 Å². The molecule has 3 heterocycles. The van der Waals surface area contributed by atoms with E-state index in [0.29, 0.717) is 34.4 Å². The van der Waals surface area contributed by atoms with Gasteiger partial charge < -0.3 is 20.4 Å². The summed E-state index contributed by atoms with van der Waals surface area (Å²) in [6.45, 7) is 6.77. The fraction of sp³-hybridized carbons (Fsp3) is 0.200. The molecule has 0 unspecified atom stereocenters. The van der Waals surface area contributed by atoms with Crippen molar-refractivity contribution in [2.24, 2.45) is 0 Å². The van der Waals surface area contributed by atoms with Crippen molar-refractivity contribution in [3.63, 3.8) is 0 Å². The zero-order valence-corrected chi connectivity index (χ0v) is 19.3. The molecule has 4 aromatic rings. The second-order valence-electron chi connectivity index (χ2n) is 8.38. The van der Waals surface area contributed by atoms with Crippen molar-refractivity contribution >= 4 is 40.0 Å². The van der Waals surface area contributed by atoms with Crippen molar-refractivity contribution < 1.29 is 9.18 Å². The van der Waals surface area contributed by atoms with Gasteiger partial charge in [-0.05, 0) is 43.5 Å². The Morgan fingerprint density at radius 1 is 1.11 bits per heavy atom. The van der Waals surface area contributed by atoms with Crippen LogP contribution in [0.2, 0.25) is 0 Å². The van der Waals surface area contributed by atoms with Crippen LogP contribution in [0.4, 0.5) is 27.4 Å². The van der Waals surface area contributed by atoms with Gasteiger partial charge in [0.05, 0.1) is 23.0 Å². The van der Waals surface area contributed by atoms with Gasteiger partial charge in [0.1, 0.15) is 5.82 Å². The van der Waals surface area contributed by atoms with Crippen LogP contribution in [-0.2, 0) is 4.79 Å². The number of benzene rings is 2. The number of halogens is 1. The summed E-state index contributed by atoms with van der Waals surface area (Å²) in [5.74, 6) is -0.217. The van der Waals surface area contributed by atoms with Gasteiger partial charge in [-0.25, -0.2) is 9.37 Å². The van der Waals surface area contributed by atoms with Crippen molar-refractivity contribution in [3.05, 3.63) is 67.1 Å². The zero-order chi connectivity index (χ0) is 24.4. The number of aromatic amines is 1. The van der Waals surface area contributed by atoms with Crippen LogP contribution < -0.4 is 15.5 Å². The van der Waals surface area contributed by atoms with Crippen LogP contribution in [0.15, 0.2) is 61.3 Å². The van der Waals surface area contributed by atoms with Gasteiger partial charge in [-0.3, -0.25) is 9.89 Å². The Balaban J connectivity index is 1.47. The maximum atomic E-state index is 14.6. The molecule has 1 amide bonds. The highest BCUT2D eigenvalue weighted by Crippen LogP contribution is 2.30. The number of hydrogen-bond donors (Lipinski definition) is 3. The van der Waals surface area contributed by atoms with Crippen molar-refractivity contribution in [3.8, 4) is 11.3 Å². The van der Waals surface area contributed by atoms with E-state index in [0.717, 1.165) is 37.1 Å². The third kappa shape index (κ3) is 4.82. The molecule has 1 aliphatic heterocycles. The number of nitrogens with one attached hydrogen (secondary N) is 3. The molecule has 5 rings (SSSR count). The predicted molar refractivity (Wildman–Crippen MR) is 135 cm³/mol. The molecule has 0 bridgehead atoms. The number of hydrogen-bond acceptors (Lipinski definition) is 7. The average molecular weight is 473 g/mol. The lowest BCUT2D eigenvalue weighted by Gasteiger charge is -2.34. The lowest BCUT2D eigenvalue weighted by molar-refractivity contribution is -0.111. The van der Waals surface area contributed by atoms with E-state index in [1.54, 1.807) is 24.4 Å². The third-order valence-corrected chi connectivity index (χ3v) is 5.94. The Morgan fingerprint density at radius 2 is 1.94 bits per heavy atom. The van der Waals surface area contributed by atoms with E-state index < -0.39 is 0 Å². The molecule has 0 aliphatic carbocycles. The summed E-state index contributed by atoms with van der Waals surface area (Å²) in [5, 5.41) is 13.7.